The molecule has 5 heteroatoms. The first-order valence-electron chi connectivity index (χ1n) is 8.92. The number of imidazole rings is 1. The van der Waals surface area contributed by atoms with Crippen LogP contribution in [0.15, 0.2) is 42.9 Å². The number of hydrogen-bond acceptors (Lipinski definition) is 3. The van der Waals surface area contributed by atoms with Crippen LogP contribution >= 0.6 is 0 Å². The second-order valence-electron chi connectivity index (χ2n) is 6.77. The van der Waals surface area contributed by atoms with Gasteiger partial charge in [-0.3, -0.25) is 9.36 Å². The second kappa shape index (κ2) is 6.67. The molecule has 5 nitrogen and oxygen atoms in total. The van der Waals surface area contributed by atoms with Crippen molar-refractivity contribution >= 4 is 17.1 Å². The third kappa shape index (κ3) is 3.14. The van der Waals surface area contributed by atoms with Crippen LogP contribution in [0.4, 0.5) is 0 Å². The fourth-order valence-corrected chi connectivity index (χ4v) is 3.55. The minimum absolute atomic E-state index is 0.00512. The molecular weight excluding hydrogens is 312 g/mol. The zero-order chi connectivity index (χ0) is 17.2. The summed E-state index contributed by atoms with van der Waals surface area (Å²) < 4.78 is 1.95. The highest BCUT2D eigenvalue weighted by Gasteiger charge is 2.18. The largest absolute Gasteiger partial charge is 0.349 e. The van der Waals surface area contributed by atoms with Crippen LogP contribution in [-0.2, 0) is 0 Å². The topological polar surface area (TPSA) is 59.8 Å². The van der Waals surface area contributed by atoms with Gasteiger partial charge >= 0.3 is 0 Å². The Morgan fingerprint density at radius 1 is 1.16 bits per heavy atom. The highest BCUT2D eigenvalue weighted by Crippen LogP contribution is 2.22. The molecule has 2 heterocycles. The van der Waals surface area contributed by atoms with Crippen molar-refractivity contribution in [3.05, 3.63) is 54.0 Å². The number of fused-ring (bicyclic) bond motifs is 1. The Kier molecular flexibility index (Phi) is 4.22. The number of aromatic nitrogens is 3. The molecule has 0 radical (unpaired) electrons. The van der Waals surface area contributed by atoms with Gasteiger partial charge in [-0.2, -0.15) is 0 Å². The molecule has 2 aromatic heterocycles. The van der Waals surface area contributed by atoms with Gasteiger partial charge in [0.15, 0.2) is 5.65 Å². The summed E-state index contributed by atoms with van der Waals surface area (Å²) in [5, 5.41) is 3.18. The van der Waals surface area contributed by atoms with Crippen LogP contribution in [0.1, 0.15) is 48.0 Å². The Morgan fingerprint density at radius 3 is 2.84 bits per heavy atom. The third-order valence-electron chi connectivity index (χ3n) is 4.98. The van der Waals surface area contributed by atoms with Crippen molar-refractivity contribution in [2.24, 2.45) is 0 Å². The molecule has 0 bridgehead atoms. The summed E-state index contributed by atoms with van der Waals surface area (Å²) in [6.07, 6.45) is 9.38. The second-order valence-corrected chi connectivity index (χ2v) is 6.77. The molecule has 1 saturated carbocycles. The van der Waals surface area contributed by atoms with E-state index in [1.807, 2.05) is 41.8 Å². The van der Waals surface area contributed by atoms with Crippen LogP contribution in [-0.4, -0.2) is 26.5 Å². The van der Waals surface area contributed by atoms with Gasteiger partial charge in [0.2, 0.25) is 0 Å². The average molecular weight is 334 g/mol. The Hall–Kier alpha value is -2.69. The number of pyridine rings is 1. The van der Waals surface area contributed by atoms with Crippen LogP contribution in [0.25, 0.3) is 16.9 Å². The van der Waals surface area contributed by atoms with Gasteiger partial charge in [0.25, 0.3) is 5.91 Å². The minimum Gasteiger partial charge on any atom is -0.349 e. The van der Waals surface area contributed by atoms with Crippen LogP contribution in [0.2, 0.25) is 0 Å². The molecule has 0 saturated heterocycles. The van der Waals surface area contributed by atoms with Gasteiger partial charge in [0.1, 0.15) is 11.8 Å². The SMILES string of the molecule is Cc1ccc(C(=O)NC2CCCCC2)cc1-n1cnc2cccnc21. The Labute approximate surface area is 147 Å². The summed E-state index contributed by atoms with van der Waals surface area (Å²) in [7, 11) is 0. The van der Waals surface area contributed by atoms with Crippen molar-refractivity contribution in [2.45, 2.75) is 45.1 Å². The fourth-order valence-electron chi connectivity index (χ4n) is 3.55. The molecule has 25 heavy (non-hydrogen) atoms. The van der Waals surface area contributed by atoms with Gasteiger partial charge in [0.05, 0.1) is 5.69 Å². The van der Waals surface area contributed by atoms with Gasteiger partial charge in [0, 0.05) is 17.8 Å². The van der Waals surface area contributed by atoms with Crippen LogP contribution in [0.5, 0.6) is 0 Å². The monoisotopic (exact) mass is 334 g/mol. The normalized spacial score (nSPS) is 15.4. The quantitative estimate of drug-likeness (QED) is 0.793. The number of carbonyl (C=O) groups excluding carboxylic acids is 1. The third-order valence-corrected chi connectivity index (χ3v) is 4.98. The lowest BCUT2D eigenvalue weighted by atomic mass is 9.95. The van der Waals surface area contributed by atoms with Crippen LogP contribution in [0.3, 0.4) is 0 Å². The molecule has 3 aromatic rings. The molecule has 0 aliphatic heterocycles. The number of benzene rings is 1. The van der Waals surface area contributed by atoms with Gasteiger partial charge in [-0.1, -0.05) is 25.3 Å². The number of nitrogens with zero attached hydrogens (tertiary/aromatic N) is 3. The minimum atomic E-state index is 0.00512. The molecule has 1 amide bonds. The van der Waals surface area contributed by atoms with E-state index in [0.29, 0.717) is 11.6 Å². The summed E-state index contributed by atoms with van der Waals surface area (Å²) >= 11 is 0. The first-order chi connectivity index (χ1) is 12.2. The van der Waals surface area contributed by atoms with Gasteiger partial charge in [-0.15, -0.1) is 0 Å². The maximum atomic E-state index is 12.7. The van der Waals surface area contributed by atoms with Gasteiger partial charge < -0.3 is 5.32 Å². The van der Waals surface area contributed by atoms with Crippen molar-refractivity contribution in [1.29, 1.82) is 0 Å². The number of hydrogen-bond donors (Lipinski definition) is 1. The first kappa shape index (κ1) is 15.8. The van der Waals surface area contributed by atoms with Crippen molar-refractivity contribution < 1.29 is 4.79 Å². The lowest BCUT2D eigenvalue weighted by Crippen LogP contribution is -2.36. The van der Waals surface area contributed by atoms with Crippen LogP contribution in [0, 0.1) is 6.92 Å². The molecule has 1 aromatic carbocycles. The Balaban J connectivity index is 1.65. The molecule has 1 fully saturated rings. The highest BCUT2D eigenvalue weighted by molar-refractivity contribution is 5.95. The molecular formula is C20H22N4O. The lowest BCUT2D eigenvalue weighted by molar-refractivity contribution is 0.0927. The molecule has 128 valence electrons. The predicted molar refractivity (Wildman–Crippen MR) is 97.9 cm³/mol. The number of carbonyl (C=O) groups is 1. The molecule has 1 aliphatic carbocycles. The summed E-state index contributed by atoms with van der Waals surface area (Å²) in [5.41, 5.74) is 4.36. The Bertz CT molecular complexity index is 909. The molecule has 1 aliphatic rings. The van der Waals surface area contributed by atoms with E-state index in [-0.39, 0.29) is 5.91 Å². The number of amides is 1. The van der Waals surface area contributed by atoms with Gasteiger partial charge in [-0.05, 0) is 49.6 Å². The smallest absolute Gasteiger partial charge is 0.251 e. The van der Waals surface area contributed by atoms with Crippen molar-refractivity contribution in [2.75, 3.05) is 0 Å². The van der Waals surface area contributed by atoms with E-state index >= 15 is 0 Å². The van der Waals surface area contributed by atoms with E-state index in [2.05, 4.69) is 15.3 Å². The Morgan fingerprint density at radius 2 is 2.00 bits per heavy atom. The summed E-state index contributed by atoms with van der Waals surface area (Å²) in [6.45, 7) is 2.03. The van der Waals surface area contributed by atoms with E-state index in [1.54, 1.807) is 12.5 Å². The predicted octanol–water partition coefficient (Wildman–Crippen LogP) is 3.79. The van der Waals surface area contributed by atoms with E-state index in [1.165, 1.54) is 19.3 Å². The first-order valence-corrected chi connectivity index (χ1v) is 8.92. The van der Waals surface area contributed by atoms with Crippen molar-refractivity contribution in [3.8, 4) is 5.69 Å². The standard InChI is InChI=1S/C20H22N4O/c1-14-9-10-15(20(25)23-16-6-3-2-4-7-16)12-18(14)24-13-22-17-8-5-11-21-19(17)24/h5,8-13,16H,2-4,6-7H2,1H3,(H,23,25). The maximum Gasteiger partial charge on any atom is 0.251 e. The fraction of sp³-hybridized carbons (Fsp3) is 0.350. The average Bonchev–Trinajstić information content (AvgIpc) is 3.07. The van der Waals surface area contributed by atoms with E-state index in [9.17, 15) is 4.79 Å². The number of rotatable bonds is 3. The van der Waals surface area contributed by atoms with E-state index in [0.717, 1.165) is 35.3 Å². The molecule has 0 atom stereocenters. The number of aryl methyl sites for hydroxylation is 1. The van der Waals surface area contributed by atoms with E-state index in [4.69, 9.17) is 0 Å². The number of nitrogens with one attached hydrogen (secondary N) is 1. The molecule has 0 unspecified atom stereocenters. The van der Waals surface area contributed by atoms with Gasteiger partial charge in [-0.25, -0.2) is 9.97 Å². The van der Waals surface area contributed by atoms with Crippen LogP contribution < -0.4 is 5.32 Å². The zero-order valence-corrected chi connectivity index (χ0v) is 14.4. The zero-order valence-electron chi connectivity index (χ0n) is 14.4. The molecule has 4 rings (SSSR count). The van der Waals surface area contributed by atoms with Crippen molar-refractivity contribution in [1.82, 2.24) is 19.9 Å². The van der Waals surface area contributed by atoms with E-state index < -0.39 is 0 Å². The maximum absolute atomic E-state index is 12.7. The molecule has 0 spiro atoms. The summed E-state index contributed by atoms with van der Waals surface area (Å²) in [6, 6.07) is 9.93. The van der Waals surface area contributed by atoms with Crippen molar-refractivity contribution in [3.63, 3.8) is 0 Å². The lowest BCUT2D eigenvalue weighted by Gasteiger charge is -2.23. The molecule has 1 N–H and O–H groups in total. The highest BCUT2D eigenvalue weighted by atomic mass is 16.1. The summed E-state index contributed by atoms with van der Waals surface area (Å²) in [4.78, 5) is 21.5. The summed E-state index contributed by atoms with van der Waals surface area (Å²) in [5.74, 6) is 0.00512.